The zero-order valence-corrected chi connectivity index (χ0v) is 14.6. The summed E-state index contributed by atoms with van der Waals surface area (Å²) in [6.45, 7) is 5.77. The molecule has 2 aromatic rings. The number of rotatable bonds is 5. The maximum absolute atomic E-state index is 12.0. The van der Waals surface area contributed by atoms with Crippen LogP contribution in [0.25, 0.3) is 11.3 Å². The average molecular weight is 340 g/mol. The summed E-state index contributed by atoms with van der Waals surface area (Å²) in [6.07, 6.45) is 1.02. The second-order valence-corrected chi connectivity index (χ2v) is 6.08. The van der Waals surface area contributed by atoms with Crippen molar-refractivity contribution < 1.29 is 4.79 Å². The van der Waals surface area contributed by atoms with Crippen LogP contribution in [0.5, 0.6) is 0 Å². The molecule has 0 aliphatic rings. The van der Waals surface area contributed by atoms with Crippen LogP contribution in [-0.4, -0.2) is 16.9 Å². The van der Waals surface area contributed by atoms with E-state index in [9.17, 15) is 4.79 Å². The molecule has 22 heavy (non-hydrogen) atoms. The molecule has 1 aromatic heterocycles. The fourth-order valence-electron chi connectivity index (χ4n) is 1.83. The molecule has 1 aromatic carbocycles. The fraction of sp³-hybridized carbons (Fsp3) is 0.375. The zero-order valence-electron chi connectivity index (χ0n) is 13.0. The van der Waals surface area contributed by atoms with E-state index in [1.165, 1.54) is 16.9 Å². The minimum absolute atomic E-state index is 0. The van der Waals surface area contributed by atoms with Crippen molar-refractivity contribution in [2.45, 2.75) is 33.2 Å². The Bertz CT molecular complexity index is 610. The minimum Gasteiger partial charge on any atom is -0.327 e. The van der Waals surface area contributed by atoms with Gasteiger partial charge in [0.15, 0.2) is 5.13 Å². The van der Waals surface area contributed by atoms with Gasteiger partial charge in [-0.25, -0.2) is 4.98 Å². The number of aromatic nitrogens is 1. The number of hydrogen-bond donors (Lipinski definition) is 2. The van der Waals surface area contributed by atoms with E-state index in [4.69, 9.17) is 5.73 Å². The van der Waals surface area contributed by atoms with Gasteiger partial charge in [-0.2, -0.15) is 0 Å². The Morgan fingerprint density at radius 3 is 2.50 bits per heavy atom. The number of thiazole rings is 1. The first-order valence-corrected chi connectivity index (χ1v) is 8.00. The van der Waals surface area contributed by atoms with E-state index in [-0.39, 0.29) is 30.3 Å². The molecule has 3 N–H and O–H groups in total. The van der Waals surface area contributed by atoms with E-state index in [0.29, 0.717) is 5.13 Å². The van der Waals surface area contributed by atoms with Crippen molar-refractivity contribution in [2.75, 3.05) is 5.32 Å². The SMILES string of the molecule is CCc1ccc(-c2csc(NC(=O)C(C)C(C)N)n2)cc1.Cl. The Kier molecular flexibility index (Phi) is 7.00. The minimum atomic E-state index is -0.235. The fourth-order valence-corrected chi connectivity index (χ4v) is 2.56. The van der Waals surface area contributed by atoms with Crippen LogP contribution >= 0.6 is 23.7 Å². The van der Waals surface area contributed by atoms with Crippen molar-refractivity contribution in [3.63, 3.8) is 0 Å². The second-order valence-electron chi connectivity index (χ2n) is 5.23. The van der Waals surface area contributed by atoms with Gasteiger partial charge in [0, 0.05) is 17.0 Å². The van der Waals surface area contributed by atoms with Crippen LogP contribution in [0.2, 0.25) is 0 Å². The molecule has 1 heterocycles. The molecular weight excluding hydrogens is 318 g/mol. The van der Waals surface area contributed by atoms with Crippen LogP contribution in [-0.2, 0) is 11.2 Å². The Morgan fingerprint density at radius 2 is 1.95 bits per heavy atom. The summed E-state index contributed by atoms with van der Waals surface area (Å²) >= 11 is 1.43. The van der Waals surface area contributed by atoms with Crippen molar-refractivity contribution in [3.8, 4) is 11.3 Å². The first kappa shape index (κ1) is 18.6. The molecular formula is C16H22ClN3OS. The Hall–Kier alpha value is -1.43. The molecule has 2 rings (SSSR count). The van der Waals surface area contributed by atoms with Gasteiger partial charge in [-0.05, 0) is 18.9 Å². The topological polar surface area (TPSA) is 68.0 Å². The second kappa shape index (κ2) is 8.27. The highest BCUT2D eigenvalue weighted by Gasteiger charge is 2.18. The van der Waals surface area contributed by atoms with E-state index in [2.05, 4.69) is 41.5 Å². The summed E-state index contributed by atoms with van der Waals surface area (Å²) in [4.78, 5) is 16.4. The molecule has 0 saturated heterocycles. The van der Waals surface area contributed by atoms with E-state index in [0.717, 1.165) is 17.7 Å². The van der Waals surface area contributed by atoms with Crippen LogP contribution in [0.3, 0.4) is 0 Å². The van der Waals surface area contributed by atoms with E-state index in [1.807, 2.05) is 19.2 Å². The summed E-state index contributed by atoms with van der Waals surface area (Å²) in [5.41, 5.74) is 8.98. The molecule has 2 atom stereocenters. The van der Waals surface area contributed by atoms with Gasteiger partial charge >= 0.3 is 0 Å². The predicted molar refractivity (Wildman–Crippen MR) is 95.6 cm³/mol. The molecule has 1 amide bonds. The normalized spacial score (nSPS) is 13.1. The summed E-state index contributed by atoms with van der Waals surface area (Å²) in [5.74, 6) is -0.326. The lowest BCUT2D eigenvalue weighted by atomic mass is 10.0. The number of aryl methyl sites for hydroxylation is 1. The lowest BCUT2D eigenvalue weighted by molar-refractivity contribution is -0.119. The summed E-state index contributed by atoms with van der Waals surface area (Å²) in [6, 6.07) is 8.15. The highest BCUT2D eigenvalue weighted by atomic mass is 35.5. The van der Waals surface area contributed by atoms with Gasteiger partial charge in [0.1, 0.15) is 0 Å². The van der Waals surface area contributed by atoms with Gasteiger partial charge in [-0.1, -0.05) is 38.1 Å². The lowest BCUT2D eigenvalue weighted by Crippen LogP contribution is -2.34. The Labute approximate surface area is 141 Å². The number of benzene rings is 1. The van der Waals surface area contributed by atoms with Crippen LogP contribution < -0.4 is 11.1 Å². The molecule has 4 nitrogen and oxygen atoms in total. The maximum atomic E-state index is 12.0. The largest absolute Gasteiger partial charge is 0.327 e. The molecule has 0 aliphatic carbocycles. The summed E-state index contributed by atoms with van der Waals surface area (Å²) in [7, 11) is 0. The lowest BCUT2D eigenvalue weighted by Gasteiger charge is -2.13. The number of carbonyl (C=O) groups excluding carboxylic acids is 1. The van der Waals surface area contributed by atoms with Crippen molar-refractivity contribution >= 4 is 34.8 Å². The Balaban J connectivity index is 0.00000242. The first-order valence-electron chi connectivity index (χ1n) is 7.12. The van der Waals surface area contributed by atoms with E-state index >= 15 is 0 Å². The molecule has 0 bridgehead atoms. The number of halogens is 1. The third kappa shape index (κ3) is 4.53. The van der Waals surface area contributed by atoms with Crippen molar-refractivity contribution in [1.82, 2.24) is 4.98 Å². The van der Waals surface area contributed by atoms with Crippen LogP contribution in [0, 0.1) is 5.92 Å². The molecule has 0 fully saturated rings. The van der Waals surface area contributed by atoms with Crippen molar-refractivity contribution in [1.29, 1.82) is 0 Å². The van der Waals surface area contributed by atoms with Gasteiger partial charge in [0.25, 0.3) is 0 Å². The standard InChI is InChI=1S/C16H21N3OS.ClH/c1-4-12-5-7-13(8-6-12)14-9-21-16(18-14)19-15(20)10(2)11(3)17;/h5-11H,4,17H2,1-3H3,(H,18,19,20);1H. The van der Waals surface area contributed by atoms with Crippen molar-refractivity contribution in [3.05, 3.63) is 35.2 Å². The van der Waals surface area contributed by atoms with Crippen LogP contribution in [0.15, 0.2) is 29.6 Å². The van der Waals surface area contributed by atoms with Gasteiger partial charge < -0.3 is 11.1 Å². The number of hydrogen-bond acceptors (Lipinski definition) is 4. The quantitative estimate of drug-likeness (QED) is 0.872. The highest BCUT2D eigenvalue weighted by Crippen LogP contribution is 2.25. The van der Waals surface area contributed by atoms with E-state index < -0.39 is 0 Å². The zero-order chi connectivity index (χ0) is 15.4. The smallest absolute Gasteiger partial charge is 0.230 e. The highest BCUT2D eigenvalue weighted by molar-refractivity contribution is 7.14. The van der Waals surface area contributed by atoms with Gasteiger partial charge in [0.05, 0.1) is 11.6 Å². The molecule has 0 saturated carbocycles. The molecule has 6 heteroatoms. The predicted octanol–water partition coefficient (Wildman–Crippen LogP) is 3.72. The Morgan fingerprint density at radius 1 is 1.32 bits per heavy atom. The third-order valence-electron chi connectivity index (χ3n) is 3.59. The van der Waals surface area contributed by atoms with Gasteiger partial charge in [0.2, 0.25) is 5.91 Å². The summed E-state index contributed by atoms with van der Waals surface area (Å²) in [5, 5.41) is 5.39. The molecule has 0 spiro atoms. The van der Waals surface area contributed by atoms with Gasteiger partial charge in [-0.15, -0.1) is 23.7 Å². The number of amides is 1. The van der Waals surface area contributed by atoms with E-state index in [1.54, 1.807) is 0 Å². The molecule has 0 radical (unpaired) electrons. The number of carbonyl (C=O) groups is 1. The maximum Gasteiger partial charge on any atom is 0.230 e. The number of anilines is 1. The first-order chi connectivity index (χ1) is 10.0. The van der Waals surface area contributed by atoms with Crippen LogP contribution in [0.4, 0.5) is 5.13 Å². The average Bonchev–Trinajstić information content (AvgIpc) is 2.94. The molecule has 120 valence electrons. The van der Waals surface area contributed by atoms with Gasteiger partial charge in [-0.3, -0.25) is 4.79 Å². The molecule has 2 unspecified atom stereocenters. The van der Waals surface area contributed by atoms with Crippen LogP contribution in [0.1, 0.15) is 26.3 Å². The number of nitrogens with two attached hydrogens (primary N) is 1. The summed E-state index contributed by atoms with van der Waals surface area (Å²) < 4.78 is 0. The molecule has 0 aliphatic heterocycles. The van der Waals surface area contributed by atoms with Crippen molar-refractivity contribution in [2.24, 2.45) is 11.7 Å². The monoisotopic (exact) mass is 339 g/mol. The number of nitrogens with zero attached hydrogens (tertiary/aromatic N) is 1. The number of nitrogens with one attached hydrogen (secondary N) is 1. The third-order valence-corrected chi connectivity index (χ3v) is 4.35.